The molecule has 4 aliphatic rings. The molecule has 12 aromatic rings. The van der Waals surface area contributed by atoms with Gasteiger partial charge in [-0.25, -0.2) is 4.99 Å². The monoisotopic (exact) mass is 938 g/mol. The number of anilines is 1. The molecule has 0 saturated heterocycles. The highest BCUT2D eigenvalue weighted by molar-refractivity contribution is 6.22. The van der Waals surface area contributed by atoms with Gasteiger partial charge in [-0.15, -0.1) is 0 Å². The Bertz CT molecular complexity index is 4210. The lowest BCUT2D eigenvalue weighted by Crippen LogP contribution is -2.43. The zero-order valence-electron chi connectivity index (χ0n) is 40.4. The predicted octanol–water partition coefficient (Wildman–Crippen LogP) is 17.7. The van der Waals surface area contributed by atoms with E-state index in [2.05, 4.69) is 272 Å². The van der Waals surface area contributed by atoms with Gasteiger partial charge in [0.1, 0.15) is 0 Å². The fourth-order valence-electron chi connectivity index (χ4n) is 14.2. The van der Waals surface area contributed by atoms with Gasteiger partial charge < -0.3 is 5.32 Å². The van der Waals surface area contributed by atoms with Gasteiger partial charge in [0, 0.05) is 0 Å². The molecule has 16 rings (SSSR count). The Hall–Kier alpha value is -9.37. The minimum absolute atomic E-state index is 0.0821. The molecular weight excluding hydrogens is 893 g/mol. The van der Waals surface area contributed by atoms with Crippen LogP contribution in [0.5, 0.6) is 0 Å². The molecule has 1 N–H and O–H groups in total. The van der Waals surface area contributed by atoms with Gasteiger partial charge in [0.2, 0.25) is 0 Å². The van der Waals surface area contributed by atoms with E-state index in [1.54, 1.807) is 0 Å². The Morgan fingerprint density at radius 1 is 0.297 bits per heavy atom. The zero-order valence-corrected chi connectivity index (χ0v) is 40.4. The second-order valence-electron chi connectivity index (χ2n) is 20.4. The van der Waals surface area contributed by atoms with Crippen LogP contribution in [0.3, 0.4) is 0 Å². The first-order chi connectivity index (χ1) is 36.7. The van der Waals surface area contributed by atoms with Crippen molar-refractivity contribution in [3.8, 4) is 44.5 Å². The minimum atomic E-state index is -0.589. The third kappa shape index (κ3) is 5.41. The number of aliphatic imine (C=N–C) groups is 1. The molecule has 0 fully saturated rings. The SMILES string of the molecule is c1ccc(C2=Nc3cc(-c4c5ccccc5c(-c5ccc6c(c5)C5(c7ccccc7-c7ccccc75)c5ccccc5C65c6ccccc6-c6ccccc65)c5ccccc45)ccc3N[C@H]2c2ccccc2)cc1. The number of benzene rings is 12. The third-order valence-corrected chi connectivity index (χ3v) is 17.0. The van der Waals surface area contributed by atoms with Gasteiger partial charge in [0.25, 0.3) is 0 Å². The number of hydrogen-bond donors (Lipinski definition) is 1. The second kappa shape index (κ2) is 15.6. The van der Waals surface area contributed by atoms with E-state index in [1.807, 2.05) is 0 Å². The fraction of sp³-hybridized carbons (Fsp3) is 0.0417. The average Bonchev–Trinajstić information content (AvgIpc) is 4.06. The van der Waals surface area contributed by atoms with E-state index in [0.29, 0.717) is 0 Å². The lowest BCUT2D eigenvalue weighted by atomic mass is 9.52. The molecule has 3 aliphatic carbocycles. The summed E-state index contributed by atoms with van der Waals surface area (Å²) in [6.07, 6.45) is 0. The first-order valence-electron chi connectivity index (χ1n) is 25.9. The predicted molar refractivity (Wildman–Crippen MR) is 306 cm³/mol. The van der Waals surface area contributed by atoms with E-state index >= 15 is 0 Å². The van der Waals surface area contributed by atoms with E-state index in [4.69, 9.17) is 4.99 Å². The van der Waals surface area contributed by atoms with Crippen LogP contribution in [-0.4, -0.2) is 5.71 Å². The summed E-state index contributed by atoms with van der Waals surface area (Å²) in [6.45, 7) is 0. The molecule has 1 atom stereocenters. The molecule has 1 heterocycles. The van der Waals surface area contributed by atoms with Crippen LogP contribution in [0.4, 0.5) is 11.4 Å². The summed E-state index contributed by atoms with van der Waals surface area (Å²) in [5.41, 5.74) is 24.8. The maximum atomic E-state index is 5.52. The van der Waals surface area contributed by atoms with Crippen LogP contribution < -0.4 is 5.32 Å². The van der Waals surface area contributed by atoms with E-state index in [0.717, 1.165) is 28.2 Å². The number of fused-ring (bicyclic) bond motifs is 19. The Morgan fingerprint density at radius 3 is 1.18 bits per heavy atom. The molecule has 2 spiro atoms. The molecule has 12 aromatic carbocycles. The lowest BCUT2D eigenvalue weighted by Gasteiger charge is -2.49. The molecule has 0 radical (unpaired) electrons. The summed E-state index contributed by atoms with van der Waals surface area (Å²) in [6, 6.07) is 99.9. The molecule has 0 bridgehead atoms. The average molecular weight is 939 g/mol. The van der Waals surface area contributed by atoms with E-state index < -0.39 is 10.8 Å². The molecule has 0 aromatic heterocycles. The Balaban J connectivity index is 0.969. The number of hydrogen-bond acceptors (Lipinski definition) is 2. The third-order valence-electron chi connectivity index (χ3n) is 17.0. The topological polar surface area (TPSA) is 24.4 Å². The van der Waals surface area contributed by atoms with Gasteiger partial charge in [0.05, 0.1) is 34.0 Å². The fourth-order valence-corrected chi connectivity index (χ4v) is 14.2. The summed E-state index contributed by atoms with van der Waals surface area (Å²) >= 11 is 0. The highest BCUT2D eigenvalue weighted by Gasteiger charge is 2.59. The highest BCUT2D eigenvalue weighted by atomic mass is 15.0. The van der Waals surface area contributed by atoms with Crippen molar-refractivity contribution in [3.63, 3.8) is 0 Å². The Labute approximate surface area is 430 Å². The van der Waals surface area contributed by atoms with Crippen LogP contribution in [0.2, 0.25) is 0 Å². The zero-order chi connectivity index (χ0) is 48.5. The Morgan fingerprint density at radius 2 is 0.676 bits per heavy atom. The van der Waals surface area contributed by atoms with Crippen molar-refractivity contribution in [3.05, 3.63) is 323 Å². The van der Waals surface area contributed by atoms with Crippen LogP contribution in [0.1, 0.15) is 61.7 Å². The summed E-state index contributed by atoms with van der Waals surface area (Å²) in [4.78, 5) is 5.52. The van der Waals surface area contributed by atoms with E-state index in [-0.39, 0.29) is 6.04 Å². The normalized spacial score (nSPS) is 15.6. The van der Waals surface area contributed by atoms with Crippen LogP contribution in [0, 0.1) is 0 Å². The molecule has 0 amide bonds. The van der Waals surface area contributed by atoms with Crippen LogP contribution in [-0.2, 0) is 10.8 Å². The second-order valence-corrected chi connectivity index (χ2v) is 20.4. The van der Waals surface area contributed by atoms with Crippen molar-refractivity contribution < 1.29 is 0 Å². The first kappa shape index (κ1) is 41.3. The summed E-state index contributed by atoms with van der Waals surface area (Å²) in [7, 11) is 0. The molecule has 1 aliphatic heterocycles. The number of nitrogens with zero attached hydrogens (tertiary/aromatic N) is 1. The lowest BCUT2D eigenvalue weighted by molar-refractivity contribution is 0.633. The summed E-state index contributed by atoms with van der Waals surface area (Å²) in [5.74, 6) is 0. The molecule has 2 nitrogen and oxygen atoms in total. The smallest absolute Gasteiger partial charge is 0.0947 e. The van der Waals surface area contributed by atoms with Crippen molar-refractivity contribution in [2.45, 2.75) is 16.9 Å². The van der Waals surface area contributed by atoms with Gasteiger partial charge in [-0.05, 0) is 140 Å². The molecule has 74 heavy (non-hydrogen) atoms. The van der Waals surface area contributed by atoms with Crippen molar-refractivity contribution in [1.82, 2.24) is 0 Å². The van der Waals surface area contributed by atoms with Crippen molar-refractivity contribution in [2.75, 3.05) is 5.32 Å². The summed E-state index contributed by atoms with van der Waals surface area (Å²) < 4.78 is 0. The van der Waals surface area contributed by atoms with E-state index in [9.17, 15) is 0 Å². The van der Waals surface area contributed by atoms with Crippen LogP contribution in [0.25, 0.3) is 66.1 Å². The van der Waals surface area contributed by atoms with Crippen molar-refractivity contribution in [2.24, 2.45) is 4.99 Å². The largest absolute Gasteiger partial charge is 0.371 e. The first-order valence-corrected chi connectivity index (χ1v) is 25.9. The highest BCUT2D eigenvalue weighted by Crippen LogP contribution is 2.68. The van der Waals surface area contributed by atoms with Gasteiger partial charge in [-0.2, -0.15) is 0 Å². The quantitative estimate of drug-likeness (QED) is 0.175. The van der Waals surface area contributed by atoms with Gasteiger partial charge in [-0.3, -0.25) is 0 Å². The van der Waals surface area contributed by atoms with Crippen LogP contribution >= 0.6 is 0 Å². The van der Waals surface area contributed by atoms with Crippen molar-refractivity contribution in [1.29, 1.82) is 0 Å². The summed E-state index contributed by atoms with van der Waals surface area (Å²) in [5, 5.41) is 8.77. The molecule has 344 valence electrons. The molecule has 0 unspecified atom stereocenters. The van der Waals surface area contributed by atoms with E-state index in [1.165, 1.54) is 111 Å². The minimum Gasteiger partial charge on any atom is -0.371 e. The number of nitrogens with one attached hydrogen (secondary N) is 1. The van der Waals surface area contributed by atoms with Gasteiger partial charge >= 0.3 is 0 Å². The maximum absolute atomic E-state index is 5.52. The Kier molecular flexibility index (Phi) is 8.68. The maximum Gasteiger partial charge on any atom is 0.0947 e. The standard InChI is InChI=1S/C72H46N2/c1-3-21-45(22-4-1)69-70(46-23-5-2-6-24-46)74-66-44-48(40-42-65(66)73-69)68-55-31-9-7-29-53(55)67(54-30-8-10-32-56(54)68)47-39-41-63-64(43-47)72(59-35-17-13-27-51(59)52-28-14-18-36-60(52)72)62-38-20-19-37-61(62)71(63)57-33-15-11-25-49(57)50-26-12-16-34-58(50)71/h1-44,69,73H/t69-/m0/s1. The molecule has 0 saturated carbocycles. The molecule has 2 heteroatoms. The van der Waals surface area contributed by atoms with Crippen LogP contribution in [0.15, 0.2) is 272 Å². The van der Waals surface area contributed by atoms with Gasteiger partial charge in [-0.1, -0.05) is 249 Å². The van der Waals surface area contributed by atoms with Gasteiger partial charge in [0.15, 0.2) is 0 Å². The number of rotatable bonds is 4. The molecular formula is C72H46N2. The van der Waals surface area contributed by atoms with Crippen molar-refractivity contribution >= 4 is 38.6 Å².